The van der Waals surface area contributed by atoms with E-state index in [1.54, 1.807) is 28.3 Å². The van der Waals surface area contributed by atoms with Crippen LogP contribution in [-0.2, 0) is 22.8 Å². The van der Waals surface area contributed by atoms with Gasteiger partial charge in [0.05, 0.1) is 6.61 Å². The van der Waals surface area contributed by atoms with Crippen molar-refractivity contribution in [3.63, 3.8) is 0 Å². The van der Waals surface area contributed by atoms with E-state index >= 15 is 0 Å². The Morgan fingerprint density at radius 3 is 2.06 bits per heavy atom. The first-order valence-electron chi connectivity index (χ1n) is 5.45. The average molecular weight is 250 g/mol. The second-order valence-corrected chi connectivity index (χ2v) is 6.42. The molecule has 0 spiro atoms. The molecule has 0 radical (unpaired) electrons. The maximum Gasteiger partial charge on any atom is 0.500 e. The first-order valence-corrected chi connectivity index (χ1v) is 7.38. The van der Waals surface area contributed by atoms with Crippen LogP contribution in [0.5, 0.6) is 0 Å². The van der Waals surface area contributed by atoms with E-state index in [-0.39, 0.29) is 5.97 Å². The van der Waals surface area contributed by atoms with Gasteiger partial charge in [-0.1, -0.05) is 6.92 Å². The number of ether oxygens (including phenoxy) is 1. The van der Waals surface area contributed by atoms with Gasteiger partial charge in [-0.15, -0.1) is 0 Å². The fourth-order valence-corrected chi connectivity index (χ4v) is 3.08. The standard InChI is InChI=1S/C10H22O5Si/c1-5-10(11)15-8-6-7-9-16(12-2,13-3)14-4/h5-9H2,1-4H3. The summed E-state index contributed by atoms with van der Waals surface area (Å²) < 4.78 is 20.8. The first-order chi connectivity index (χ1) is 7.64. The van der Waals surface area contributed by atoms with Crippen LogP contribution in [0.2, 0.25) is 6.04 Å². The van der Waals surface area contributed by atoms with Gasteiger partial charge in [0.15, 0.2) is 0 Å². The predicted octanol–water partition coefficient (Wildman–Crippen LogP) is 1.60. The van der Waals surface area contributed by atoms with Gasteiger partial charge >= 0.3 is 14.8 Å². The zero-order valence-electron chi connectivity index (χ0n) is 10.6. The molecule has 0 heterocycles. The molecule has 0 aliphatic carbocycles. The fourth-order valence-electron chi connectivity index (χ4n) is 1.29. The number of unbranched alkanes of at least 4 members (excludes halogenated alkanes) is 1. The summed E-state index contributed by atoms with van der Waals surface area (Å²) in [5, 5.41) is 0. The highest BCUT2D eigenvalue weighted by Crippen LogP contribution is 2.16. The maximum absolute atomic E-state index is 10.9. The lowest BCUT2D eigenvalue weighted by molar-refractivity contribution is -0.143. The number of carbonyl (C=O) groups is 1. The average Bonchev–Trinajstić information content (AvgIpc) is 2.34. The van der Waals surface area contributed by atoms with Gasteiger partial charge in [-0.3, -0.25) is 4.79 Å². The lowest BCUT2D eigenvalue weighted by atomic mass is 10.3. The second kappa shape index (κ2) is 8.69. The minimum atomic E-state index is -2.44. The Kier molecular flexibility index (Phi) is 8.45. The molecular weight excluding hydrogens is 228 g/mol. The van der Waals surface area contributed by atoms with Gasteiger partial charge in [-0.2, -0.15) is 0 Å². The molecule has 6 heteroatoms. The smallest absolute Gasteiger partial charge is 0.466 e. The van der Waals surface area contributed by atoms with Crippen LogP contribution >= 0.6 is 0 Å². The van der Waals surface area contributed by atoms with E-state index in [4.69, 9.17) is 18.0 Å². The SMILES string of the molecule is CCC(=O)OCCCC[Si](OC)(OC)OC. The molecule has 0 N–H and O–H groups in total. The Balaban J connectivity index is 3.67. The molecule has 0 saturated heterocycles. The summed E-state index contributed by atoms with van der Waals surface area (Å²) in [5.74, 6) is -0.159. The van der Waals surface area contributed by atoms with Crippen LogP contribution in [0.1, 0.15) is 26.2 Å². The molecule has 0 bridgehead atoms. The predicted molar refractivity (Wildman–Crippen MR) is 62.1 cm³/mol. The minimum Gasteiger partial charge on any atom is -0.466 e. The highest BCUT2D eigenvalue weighted by molar-refractivity contribution is 6.60. The summed E-state index contributed by atoms with van der Waals surface area (Å²) in [5.41, 5.74) is 0. The van der Waals surface area contributed by atoms with Crippen molar-refractivity contribution in [1.82, 2.24) is 0 Å². The van der Waals surface area contributed by atoms with Gasteiger partial charge in [-0.05, 0) is 12.8 Å². The van der Waals surface area contributed by atoms with E-state index in [1.165, 1.54) is 0 Å². The summed E-state index contributed by atoms with van der Waals surface area (Å²) in [6.45, 7) is 2.23. The minimum absolute atomic E-state index is 0.159. The lowest BCUT2D eigenvalue weighted by Gasteiger charge is -2.24. The van der Waals surface area contributed by atoms with Crippen LogP contribution < -0.4 is 0 Å². The zero-order chi connectivity index (χ0) is 12.4. The quantitative estimate of drug-likeness (QED) is 0.353. The van der Waals surface area contributed by atoms with Crippen LogP contribution in [0.4, 0.5) is 0 Å². The molecule has 16 heavy (non-hydrogen) atoms. The van der Waals surface area contributed by atoms with Crippen molar-refractivity contribution in [2.24, 2.45) is 0 Å². The van der Waals surface area contributed by atoms with Gasteiger partial charge in [0.1, 0.15) is 0 Å². The van der Waals surface area contributed by atoms with Crippen LogP contribution in [0.25, 0.3) is 0 Å². The van der Waals surface area contributed by atoms with Crippen molar-refractivity contribution in [2.75, 3.05) is 27.9 Å². The molecular formula is C10H22O5Si. The van der Waals surface area contributed by atoms with E-state index < -0.39 is 8.80 Å². The van der Waals surface area contributed by atoms with E-state index in [9.17, 15) is 4.79 Å². The number of hydrogen-bond donors (Lipinski definition) is 0. The van der Waals surface area contributed by atoms with Crippen LogP contribution in [0.3, 0.4) is 0 Å². The summed E-state index contributed by atoms with van der Waals surface area (Å²) in [4.78, 5) is 10.9. The van der Waals surface area contributed by atoms with Crippen molar-refractivity contribution in [1.29, 1.82) is 0 Å². The van der Waals surface area contributed by atoms with E-state index in [0.717, 1.165) is 18.9 Å². The monoisotopic (exact) mass is 250 g/mol. The number of rotatable bonds is 9. The molecule has 0 saturated carbocycles. The van der Waals surface area contributed by atoms with Crippen LogP contribution in [-0.4, -0.2) is 42.7 Å². The molecule has 0 fully saturated rings. The highest BCUT2D eigenvalue weighted by Gasteiger charge is 2.36. The van der Waals surface area contributed by atoms with Crippen molar-refractivity contribution >= 4 is 14.8 Å². The molecule has 0 aromatic carbocycles. The van der Waals surface area contributed by atoms with Gasteiger partial charge < -0.3 is 18.0 Å². The molecule has 0 rings (SSSR count). The number of esters is 1. The second-order valence-electron chi connectivity index (χ2n) is 3.33. The first kappa shape index (κ1) is 15.6. The molecule has 5 nitrogen and oxygen atoms in total. The van der Waals surface area contributed by atoms with Gasteiger partial charge in [-0.25, -0.2) is 0 Å². The third-order valence-electron chi connectivity index (χ3n) is 2.36. The van der Waals surface area contributed by atoms with Crippen molar-refractivity contribution in [2.45, 2.75) is 32.2 Å². The molecule has 0 aliphatic heterocycles. The number of carbonyl (C=O) groups excluding carboxylic acids is 1. The van der Waals surface area contributed by atoms with Crippen LogP contribution in [0.15, 0.2) is 0 Å². The molecule has 0 aromatic heterocycles. The van der Waals surface area contributed by atoms with Gasteiger partial charge in [0, 0.05) is 33.8 Å². The summed E-state index contributed by atoms with van der Waals surface area (Å²) in [6, 6.07) is 0.736. The Morgan fingerprint density at radius 2 is 1.62 bits per heavy atom. The molecule has 0 unspecified atom stereocenters. The Bertz CT molecular complexity index is 185. The van der Waals surface area contributed by atoms with Crippen molar-refractivity contribution < 1.29 is 22.8 Å². The molecule has 0 aliphatic rings. The lowest BCUT2D eigenvalue weighted by Crippen LogP contribution is -2.42. The topological polar surface area (TPSA) is 54.0 Å². The third-order valence-corrected chi connectivity index (χ3v) is 5.19. The molecule has 96 valence electrons. The summed E-state index contributed by atoms with van der Waals surface area (Å²) >= 11 is 0. The van der Waals surface area contributed by atoms with Crippen LogP contribution in [0, 0.1) is 0 Å². The maximum atomic E-state index is 10.9. The Labute approximate surface area is 98.4 Å². The van der Waals surface area contributed by atoms with Crippen molar-refractivity contribution in [3.05, 3.63) is 0 Å². The van der Waals surface area contributed by atoms with Gasteiger partial charge in [0.25, 0.3) is 0 Å². The van der Waals surface area contributed by atoms with Crippen molar-refractivity contribution in [3.8, 4) is 0 Å². The fraction of sp³-hybridized carbons (Fsp3) is 0.900. The Hall–Kier alpha value is -0.433. The van der Waals surface area contributed by atoms with E-state index in [2.05, 4.69) is 0 Å². The highest BCUT2D eigenvalue weighted by atomic mass is 28.4. The number of hydrogen-bond acceptors (Lipinski definition) is 5. The largest absolute Gasteiger partial charge is 0.500 e. The summed E-state index contributed by atoms with van der Waals surface area (Å²) in [6.07, 6.45) is 2.09. The van der Waals surface area contributed by atoms with Gasteiger partial charge in [0.2, 0.25) is 0 Å². The van der Waals surface area contributed by atoms with E-state index in [0.29, 0.717) is 13.0 Å². The normalized spacial score (nSPS) is 11.5. The summed E-state index contributed by atoms with van der Waals surface area (Å²) in [7, 11) is 2.34. The molecule has 0 amide bonds. The Morgan fingerprint density at radius 1 is 1.06 bits per heavy atom. The zero-order valence-corrected chi connectivity index (χ0v) is 11.6. The van der Waals surface area contributed by atoms with E-state index in [1.807, 2.05) is 0 Å². The molecule has 0 atom stereocenters. The molecule has 0 aromatic rings. The third kappa shape index (κ3) is 5.60.